The van der Waals surface area contributed by atoms with Crippen molar-refractivity contribution < 1.29 is 19.0 Å². The van der Waals surface area contributed by atoms with Crippen molar-refractivity contribution in [2.75, 3.05) is 7.11 Å². The summed E-state index contributed by atoms with van der Waals surface area (Å²) in [6.07, 6.45) is 1.91. The third-order valence-corrected chi connectivity index (χ3v) is 6.09. The molecular weight excluding hydrogens is 426 g/mol. The third kappa shape index (κ3) is 5.01. The largest absolute Gasteiger partial charge is 0.497 e. The van der Waals surface area contributed by atoms with Gasteiger partial charge in [-0.3, -0.25) is 9.59 Å². The highest BCUT2D eigenvalue weighted by Crippen LogP contribution is 2.26. The number of aryl methyl sites for hydroxylation is 1. The Bertz CT molecular complexity index is 1200. The Morgan fingerprint density at radius 3 is 2.24 bits per heavy atom. The lowest BCUT2D eigenvalue weighted by Gasteiger charge is -2.15. The molecule has 4 rings (SSSR count). The molecule has 0 saturated carbocycles. The molecule has 1 heterocycles. The number of amides is 2. The van der Waals surface area contributed by atoms with E-state index >= 15 is 0 Å². The number of hydrazine groups is 1. The van der Waals surface area contributed by atoms with Gasteiger partial charge in [0.25, 0.3) is 5.91 Å². The summed E-state index contributed by atoms with van der Waals surface area (Å²) in [7, 11) is 1.57. The number of ether oxygens (including phenoxy) is 1. The van der Waals surface area contributed by atoms with Crippen molar-refractivity contribution in [1.29, 1.82) is 0 Å². The molecule has 174 valence electrons. The summed E-state index contributed by atoms with van der Waals surface area (Å²) in [4.78, 5) is 26.0. The van der Waals surface area contributed by atoms with Gasteiger partial charge >= 0.3 is 5.91 Å². The van der Waals surface area contributed by atoms with Gasteiger partial charge in [-0.2, -0.15) is 0 Å². The van der Waals surface area contributed by atoms with E-state index in [1.807, 2.05) is 49.5 Å². The van der Waals surface area contributed by atoms with Crippen LogP contribution in [0.4, 0.5) is 0 Å². The van der Waals surface area contributed by atoms with Crippen LogP contribution in [-0.4, -0.2) is 35.9 Å². The number of nitrogens with one attached hydrogen (secondary N) is 2. The fourth-order valence-corrected chi connectivity index (χ4v) is 4.04. The minimum atomic E-state index is -0.761. The zero-order valence-corrected chi connectivity index (χ0v) is 19.9. The second-order valence-electron chi connectivity index (χ2n) is 8.87. The van der Waals surface area contributed by atoms with Crippen LogP contribution >= 0.6 is 0 Å². The van der Waals surface area contributed by atoms with Gasteiger partial charge in [0, 0.05) is 16.7 Å². The van der Waals surface area contributed by atoms with Crippen LogP contribution < -0.4 is 15.5 Å². The van der Waals surface area contributed by atoms with Gasteiger partial charge in [0.2, 0.25) is 12.3 Å². The minimum absolute atomic E-state index is 0.262. The second-order valence-corrected chi connectivity index (χ2v) is 8.87. The zero-order valence-electron chi connectivity index (χ0n) is 19.9. The smallest absolute Gasteiger partial charge is 0.304 e. The summed E-state index contributed by atoms with van der Waals surface area (Å²) in [5, 5.41) is 2.93. The average Bonchev–Trinajstić information content (AvgIpc) is 3.14. The Balaban J connectivity index is 1.66. The van der Waals surface area contributed by atoms with Gasteiger partial charge in [-0.25, -0.2) is 0 Å². The maximum Gasteiger partial charge on any atom is 0.304 e. The van der Waals surface area contributed by atoms with E-state index in [2.05, 4.69) is 36.7 Å². The Morgan fingerprint density at radius 2 is 1.65 bits per heavy atom. The monoisotopic (exact) mass is 456 g/mol. The number of nitrogens with zero attached hydrogens (tertiary/aromatic N) is 1. The molecule has 34 heavy (non-hydrogen) atoms. The molecular formula is C28H30N3O3+. The molecule has 6 nitrogen and oxygen atoms in total. The van der Waals surface area contributed by atoms with Crippen molar-refractivity contribution in [2.24, 2.45) is 0 Å². The van der Waals surface area contributed by atoms with Gasteiger partial charge in [0.05, 0.1) is 7.11 Å². The first-order chi connectivity index (χ1) is 16.4. The molecule has 0 radical (unpaired) electrons. The normalized spacial score (nSPS) is 18.7. The highest BCUT2D eigenvalue weighted by atomic mass is 16.5. The van der Waals surface area contributed by atoms with Gasteiger partial charge in [-0.1, -0.05) is 55.8 Å². The number of benzene rings is 3. The van der Waals surface area contributed by atoms with Crippen LogP contribution in [0, 0.1) is 6.92 Å². The Kier molecular flexibility index (Phi) is 6.77. The molecule has 2 atom stereocenters. The van der Waals surface area contributed by atoms with Crippen LogP contribution in [-0.2, 0) is 4.79 Å². The second kappa shape index (κ2) is 9.91. The van der Waals surface area contributed by atoms with Crippen molar-refractivity contribution in [1.82, 2.24) is 10.7 Å². The number of carbonyl (C=O) groups excluding carboxylic acids is 2. The van der Waals surface area contributed by atoms with Gasteiger partial charge < -0.3 is 10.1 Å². The minimum Gasteiger partial charge on any atom is -0.497 e. The molecule has 0 bridgehead atoms. The van der Waals surface area contributed by atoms with E-state index in [1.165, 1.54) is 5.56 Å². The topological polar surface area (TPSA) is 70.4 Å². The van der Waals surface area contributed by atoms with Crippen LogP contribution in [0.1, 0.15) is 58.4 Å². The lowest BCUT2D eigenvalue weighted by Crippen LogP contribution is -2.42. The molecule has 3 aromatic carbocycles. The first-order valence-corrected chi connectivity index (χ1v) is 11.4. The van der Waals surface area contributed by atoms with E-state index in [1.54, 1.807) is 36.1 Å². The Morgan fingerprint density at radius 1 is 1.00 bits per heavy atom. The first kappa shape index (κ1) is 23.2. The lowest BCUT2D eigenvalue weighted by atomic mass is 9.98. The molecule has 1 saturated heterocycles. The van der Waals surface area contributed by atoms with Crippen molar-refractivity contribution >= 4 is 18.0 Å². The molecule has 3 aromatic rings. The molecule has 2 amide bonds. The predicted octanol–water partition coefficient (Wildman–Crippen LogP) is 4.14. The molecule has 0 aromatic heterocycles. The van der Waals surface area contributed by atoms with E-state index in [0.717, 1.165) is 16.7 Å². The van der Waals surface area contributed by atoms with Crippen LogP contribution in [0.3, 0.4) is 0 Å². The Labute approximate surface area is 200 Å². The SMILES string of the molecule is COc1ccc(C(=O)N[C@@H]2C(=O)N/[N+](=C\c3ccc(C(C)C)cc3)[C@@H]2c2ccc(C)cc2)cc1. The predicted molar refractivity (Wildman–Crippen MR) is 132 cm³/mol. The van der Waals surface area contributed by atoms with Gasteiger partial charge in [-0.05, 0) is 54.8 Å². The average molecular weight is 457 g/mol. The maximum atomic E-state index is 13.0. The molecule has 6 heteroatoms. The summed E-state index contributed by atoms with van der Waals surface area (Å²) in [5.74, 6) is 0.529. The van der Waals surface area contributed by atoms with E-state index in [0.29, 0.717) is 17.2 Å². The third-order valence-electron chi connectivity index (χ3n) is 6.09. The molecule has 1 aliphatic rings. The Hall–Kier alpha value is -3.93. The fourth-order valence-electron chi connectivity index (χ4n) is 4.04. The summed E-state index contributed by atoms with van der Waals surface area (Å²) >= 11 is 0. The molecule has 1 fully saturated rings. The summed E-state index contributed by atoms with van der Waals surface area (Å²) in [5.41, 5.74) is 7.66. The standard InChI is InChI=1S/C28H29N3O3/c1-18(2)21-11-7-20(8-12-21)17-31-26(22-9-5-19(3)6-10-22)25(28(33)30-31)29-27(32)23-13-15-24(34-4)16-14-23/h5-18,25-26H,1-4H3,(H-,29,30,32,33)/p+1/b31-17-/t25-,26+/m0/s1. The number of carbonyl (C=O) groups is 2. The van der Waals surface area contributed by atoms with Crippen molar-refractivity contribution in [3.05, 3.63) is 101 Å². The van der Waals surface area contributed by atoms with Gasteiger partial charge in [0.1, 0.15) is 5.75 Å². The molecule has 1 aliphatic heterocycles. The number of rotatable bonds is 6. The fraction of sp³-hybridized carbons (Fsp3) is 0.250. The zero-order chi connectivity index (χ0) is 24.2. The summed E-state index contributed by atoms with van der Waals surface area (Å²) in [6.45, 7) is 6.33. The highest BCUT2D eigenvalue weighted by molar-refractivity contribution is 5.98. The number of hydrazone groups is 1. The number of hydrogen-bond acceptors (Lipinski definition) is 3. The van der Waals surface area contributed by atoms with Crippen LogP contribution in [0.2, 0.25) is 0 Å². The molecule has 0 spiro atoms. The van der Waals surface area contributed by atoms with Crippen molar-refractivity contribution in [2.45, 2.75) is 38.8 Å². The molecule has 2 N–H and O–H groups in total. The van der Waals surface area contributed by atoms with Crippen LogP contribution in [0.15, 0.2) is 72.8 Å². The van der Waals surface area contributed by atoms with Crippen molar-refractivity contribution in [3.8, 4) is 5.75 Å². The van der Waals surface area contributed by atoms with Gasteiger partial charge in [-0.15, -0.1) is 10.1 Å². The maximum absolute atomic E-state index is 13.0. The van der Waals surface area contributed by atoms with E-state index in [9.17, 15) is 9.59 Å². The van der Waals surface area contributed by atoms with E-state index < -0.39 is 12.1 Å². The van der Waals surface area contributed by atoms with E-state index in [4.69, 9.17) is 4.74 Å². The lowest BCUT2D eigenvalue weighted by molar-refractivity contribution is -0.596. The van der Waals surface area contributed by atoms with Crippen LogP contribution in [0.25, 0.3) is 0 Å². The first-order valence-electron chi connectivity index (χ1n) is 11.4. The number of methoxy groups -OCH3 is 1. The quantitative estimate of drug-likeness (QED) is 0.548. The molecule has 0 unspecified atom stereocenters. The highest BCUT2D eigenvalue weighted by Gasteiger charge is 2.47. The summed E-state index contributed by atoms with van der Waals surface area (Å²) < 4.78 is 6.96. The van der Waals surface area contributed by atoms with Crippen molar-refractivity contribution in [3.63, 3.8) is 0 Å². The van der Waals surface area contributed by atoms with E-state index in [-0.39, 0.29) is 11.8 Å². The summed E-state index contributed by atoms with van der Waals surface area (Å²) in [6, 6.07) is 21.9. The van der Waals surface area contributed by atoms with Gasteiger partial charge in [0.15, 0.2) is 6.04 Å². The van der Waals surface area contributed by atoms with Crippen LogP contribution in [0.5, 0.6) is 5.75 Å². The number of hydrogen-bond donors (Lipinski definition) is 2. The molecule has 0 aliphatic carbocycles.